The minimum absolute atomic E-state index is 0.0453. The fourth-order valence-corrected chi connectivity index (χ4v) is 2.89. The molecular formula is C18H21FN4O4. The lowest BCUT2D eigenvalue weighted by Gasteiger charge is -2.28. The van der Waals surface area contributed by atoms with Gasteiger partial charge in [-0.2, -0.15) is 0 Å². The first-order valence-electron chi connectivity index (χ1n) is 8.75. The Kier molecular flexibility index (Phi) is 6.25. The quantitative estimate of drug-likeness (QED) is 0.574. The molecule has 0 radical (unpaired) electrons. The van der Waals surface area contributed by atoms with Gasteiger partial charge in [0.15, 0.2) is 5.92 Å². The highest BCUT2D eigenvalue weighted by atomic mass is 19.1. The summed E-state index contributed by atoms with van der Waals surface area (Å²) in [6.07, 6.45) is 1.29. The van der Waals surface area contributed by atoms with E-state index in [0.717, 1.165) is 18.0 Å². The molecule has 2 saturated heterocycles. The lowest BCUT2D eigenvalue weighted by atomic mass is 10.1. The summed E-state index contributed by atoms with van der Waals surface area (Å²) in [6.45, 7) is 4.15. The number of nitrogens with zero attached hydrogens (tertiary/aromatic N) is 3. The third kappa shape index (κ3) is 4.95. The smallest absolute Gasteiger partial charge is 0.331 e. The van der Waals surface area contributed by atoms with Gasteiger partial charge in [0, 0.05) is 25.8 Å². The largest absolute Gasteiger partial charge is 0.379 e. The molecule has 1 aromatic carbocycles. The van der Waals surface area contributed by atoms with Crippen LogP contribution < -0.4 is 5.32 Å². The normalized spacial score (nSPS) is 21.7. The highest BCUT2D eigenvalue weighted by Gasteiger charge is 2.39. The van der Waals surface area contributed by atoms with Crippen molar-refractivity contribution in [2.75, 3.05) is 39.4 Å². The molecule has 2 aliphatic rings. The molecule has 1 aromatic rings. The van der Waals surface area contributed by atoms with Crippen molar-refractivity contribution in [3.63, 3.8) is 0 Å². The van der Waals surface area contributed by atoms with Crippen LogP contribution in [0.1, 0.15) is 5.56 Å². The standard InChI is InChI=1S/C18H21FN4O4/c19-14-3-1-13(2-4-14)12-23-17(25)15(16(24)21-18(23)26)11-20-5-6-22-7-9-27-10-8-22/h1-4,11,15H,5-10,12H2,(H,21,24,26)/t15-/m1/s1. The van der Waals surface area contributed by atoms with E-state index in [9.17, 15) is 18.8 Å². The Bertz CT molecular complexity index is 731. The number of hydrogen-bond acceptors (Lipinski definition) is 6. The first-order chi connectivity index (χ1) is 13.0. The summed E-state index contributed by atoms with van der Waals surface area (Å²) >= 11 is 0. The van der Waals surface area contributed by atoms with E-state index in [1.807, 2.05) is 0 Å². The number of carbonyl (C=O) groups excluding carboxylic acids is 3. The molecular weight excluding hydrogens is 355 g/mol. The third-order valence-electron chi connectivity index (χ3n) is 4.45. The maximum absolute atomic E-state index is 13.0. The second kappa shape index (κ2) is 8.83. The van der Waals surface area contributed by atoms with Crippen molar-refractivity contribution in [2.45, 2.75) is 6.54 Å². The van der Waals surface area contributed by atoms with Gasteiger partial charge < -0.3 is 4.74 Å². The number of rotatable bonds is 6. The number of urea groups is 1. The fourth-order valence-electron chi connectivity index (χ4n) is 2.89. The van der Waals surface area contributed by atoms with Gasteiger partial charge in [-0.05, 0) is 17.7 Å². The van der Waals surface area contributed by atoms with Gasteiger partial charge in [-0.3, -0.25) is 29.7 Å². The number of benzene rings is 1. The number of ether oxygens (including phenoxy) is 1. The van der Waals surface area contributed by atoms with Crippen molar-refractivity contribution in [1.29, 1.82) is 0 Å². The molecule has 0 aliphatic carbocycles. The predicted octanol–water partition coefficient (Wildman–Crippen LogP) is 0.423. The average molecular weight is 376 g/mol. The topological polar surface area (TPSA) is 91.3 Å². The van der Waals surface area contributed by atoms with Crippen LogP contribution in [-0.2, 0) is 20.9 Å². The molecule has 2 fully saturated rings. The van der Waals surface area contributed by atoms with E-state index in [1.165, 1.54) is 30.5 Å². The van der Waals surface area contributed by atoms with Gasteiger partial charge >= 0.3 is 6.03 Å². The Hall–Kier alpha value is -2.65. The van der Waals surface area contributed by atoms with Crippen molar-refractivity contribution in [3.8, 4) is 0 Å². The van der Waals surface area contributed by atoms with Gasteiger partial charge in [-0.15, -0.1) is 0 Å². The van der Waals surface area contributed by atoms with Crippen molar-refractivity contribution < 1.29 is 23.5 Å². The monoisotopic (exact) mass is 376 g/mol. The summed E-state index contributed by atoms with van der Waals surface area (Å²) in [7, 11) is 0. The highest BCUT2D eigenvalue weighted by Crippen LogP contribution is 2.14. The zero-order valence-electron chi connectivity index (χ0n) is 14.8. The second-order valence-corrected chi connectivity index (χ2v) is 6.33. The van der Waals surface area contributed by atoms with E-state index in [2.05, 4.69) is 15.2 Å². The molecule has 27 heavy (non-hydrogen) atoms. The highest BCUT2D eigenvalue weighted by molar-refractivity contribution is 6.23. The SMILES string of the molecule is O=C1NC(=O)N(Cc2ccc(F)cc2)C(=O)[C@@H]1C=NCCN1CCOCC1. The van der Waals surface area contributed by atoms with Crippen molar-refractivity contribution in [2.24, 2.45) is 10.9 Å². The van der Waals surface area contributed by atoms with Gasteiger partial charge in [-0.1, -0.05) is 12.1 Å². The molecule has 4 amide bonds. The van der Waals surface area contributed by atoms with E-state index >= 15 is 0 Å². The number of amides is 4. The number of aliphatic imine (C=N–C) groups is 1. The maximum atomic E-state index is 13.0. The molecule has 2 aliphatic heterocycles. The van der Waals surface area contributed by atoms with E-state index in [1.54, 1.807) is 0 Å². The van der Waals surface area contributed by atoms with E-state index < -0.39 is 29.6 Å². The van der Waals surface area contributed by atoms with E-state index in [4.69, 9.17) is 4.74 Å². The molecule has 1 atom stereocenters. The molecule has 0 saturated carbocycles. The Labute approximate surface area is 156 Å². The summed E-state index contributed by atoms with van der Waals surface area (Å²) in [5.41, 5.74) is 0.581. The van der Waals surface area contributed by atoms with Gasteiger partial charge in [0.2, 0.25) is 11.8 Å². The lowest BCUT2D eigenvalue weighted by molar-refractivity contribution is -0.139. The van der Waals surface area contributed by atoms with Crippen LogP contribution in [0.15, 0.2) is 29.3 Å². The minimum atomic E-state index is -1.15. The second-order valence-electron chi connectivity index (χ2n) is 6.33. The van der Waals surface area contributed by atoms with Crippen LogP contribution in [0.3, 0.4) is 0 Å². The molecule has 9 heteroatoms. The van der Waals surface area contributed by atoms with Crippen LogP contribution >= 0.6 is 0 Å². The summed E-state index contributed by atoms with van der Waals surface area (Å²) in [6, 6.07) is 4.68. The molecule has 0 spiro atoms. The average Bonchev–Trinajstić information content (AvgIpc) is 2.66. The number of imide groups is 2. The van der Waals surface area contributed by atoms with E-state index in [-0.39, 0.29) is 6.54 Å². The number of carbonyl (C=O) groups is 3. The molecule has 144 valence electrons. The lowest BCUT2D eigenvalue weighted by Crippen LogP contribution is -2.57. The number of barbiturate groups is 1. The molecule has 2 heterocycles. The predicted molar refractivity (Wildman–Crippen MR) is 94.6 cm³/mol. The maximum Gasteiger partial charge on any atom is 0.331 e. The van der Waals surface area contributed by atoms with Gasteiger partial charge in [-0.25, -0.2) is 9.18 Å². The third-order valence-corrected chi connectivity index (χ3v) is 4.45. The van der Waals surface area contributed by atoms with Crippen LogP contribution in [-0.4, -0.2) is 73.3 Å². The van der Waals surface area contributed by atoms with Crippen LogP contribution in [0.4, 0.5) is 9.18 Å². The Balaban J connectivity index is 1.59. The molecule has 3 rings (SSSR count). The minimum Gasteiger partial charge on any atom is -0.379 e. The summed E-state index contributed by atoms with van der Waals surface area (Å²) in [4.78, 5) is 43.9. The Morgan fingerprint density at radius 2 is 1.89 bits per heavy atom. The first-order valence-corrected chi connectivity index (χ1v) is 8.75. The number of halogens is 1. The number of nitrogens with one attached hydrogen (secondary N) is 1. The van der Waals surface area contributed by atoms with Crippen LogP contribution in [0.25, 0.3) is 0 Å². The van der Waals surface area contributed by atoms with Crippen molar-refractivity contribution in [1.82, 2.24) is 15.1 Å². The zero-order chi connectivity index (χ0) is 19.2. The van der Waals surface area contributed by atoms with E-state index in [0.29, 0.717) is 31.9 Å². The summed E-state index contributed by atoms with van der Waals surface area (Å²) < 4.78 is 18.3. The molecule has 1 N–H and O–H groups in total. The molecule has 0 aromatic heterocycles. The van der Waals surface area contributed by atoms with Crippen molar-refractivity contribution >= 4 is 24.1 Å². The van der Waals surface area contributed by atoms with Crippen LogP contribution in [0.2, 0.25) is 0 Å². The van der Waals surface area contributed by atoms with Gasteiger partial charge in [0.1, 0.15) is 5.82 Å². The number of morpholine rings is 1. The van der Waals surface area contributed by atoms with Gasteiger partial charge in [0.05, 0.1) is 26.3 Å². The van der Waals surface area contributed by atoms with Crippen LogP contribution in [0, 0.1) is 11.7 Å². The van der Waals surface area contributed by atoms with Crippen molar-refractivity contribution in [3.05, 3.63) is 35.6 Å². The number of hydrogen-bond donors (Lipinski definition) is 1. The molecule has 8 nitrogen and oxygen atoms in total. The Morgan fingerprint density at radius 1 is 1.19 bits per heavy atom. The summed E-state index contributed by atoms with van der Waals surface area (Å²) in [5.74, 6) is -2.87. The fraction of sp³-hybridized carbons (Fsp3) is 0.444. The Morgan fingerprint density at radius 3 is 2.59 bits per heavy atom. The zero-order valence-corrected chi connectivity index (χ0v) is 14.8. The van der Waals surface area contributed by atoms with Gasteiger partial charge in [0.25, 0.3) is 0 Å². The van der Waals surface area contributed by atoms with Crippen LogP contribution in [0.5, 0.6) is 0 Å². The molecule has 0 unspecified atom stereocenters. The summed E-state index contributed by atoms with van der Waals surface area (Å²) in [5, 5.41) is 2.17. The molecule has 0 bridgehead atoms. The first kappa shape index (κ1) is 19.1.